The van der Waals surface area contributed by atoms with Crippen LogP contribution in [0.1, 0.15) is 26.7 Å². The fourth-order valence-corrected chi connectivity index (χ4v) is 5.02. The van der Waals surface area contributed by atoms with E-state index in [0.717, 1.165) is 30.6 Å². The molecule has 1 N–H and O–H groups in total. The fraction of sp³-hybridized carbons (Fsp3) is 0.375. The van der Waals surface area contributed by atoms with Gasteiger partial charge in [0.2, 0.25) is 5.13 Å². The van der Waals surface area contributed by atoms with E-state index < -0.39 is 6.42 Å². The molecule has 1 aromatic heterocycles. The Morgan fingerprint density at radius 2 is 1.86 bits per heavy atom. The number of nitrogens with one attached hydrogen (secondary N) is 1. The lowest BCUT2D eigenvalue weighted by atomic mass is 9.39. The highest BCUT2D eigenvalue weighted by Crippen LogP contribution is 2.34. The third kappa shape index (κ3) is 2.54. The normalized spacial score (nSPS) is 16.3. The predicted molar refractivity (Wildman–Crippen MR) is 101 cm³/mol. The number of nitrogens with zero attached hydrogens (tertiary/aromatic N) is 2. The van der Waals surface area contributed by atoms with Crippen LogP contribution >= 0.6 is 23.6 Å². The maximum absolute atomic E-state index is 5.87. The first-order valence-corrected chi connectivity index (χ1v) is 9.36. The molecule has 2 aromatic rings. The number of para-hydroxylation sites is 1. The van der Waals surface area contributed by atoms with Gasteiger partial charge in [0.15, 0.2) is 0 Å². The molecule has 1 aliphatic heterocycles. The average molecular weight is 331 g/mol. The standard InChI is InChI=1S/C16H21BN3S2/c1-3-10-17(11-4-2)18-15-19(12-13-22-15)16(21)20(17)14-8-6-5-7-9-14/h5-9,12-13H,3-4,10-11H2,1-2H3/q-1/p+1. The van der Waals surface area contributed by atoms with Crippen molar-refractivity contribution in [2.45, 2.75) is 39.3 Å². The molecular weight excluding hydrogens is 309 g/mol. The molecule has 0 amide bonds. The maximum Gasteiger partial charge on any atom is 0.315 e. The van der Waals surface area contributed by atoms with E-state index in [1.807, 2.05) is 0 Å². The first-order valence-electron chi connectivity index (χ1n) is 8.07. The molecule has 0 saturated heterocycles. The molecule has 116 valence electrons. The van der Waals surface area contributed by atoms with Gasteiger partial charge in [-0.05, 0) is 24.4 Å². The van der Waals surface area contributed by atoms with Crippen molar-refractivity contribution in [2.75, 3.05) is 10.0 Å². The zero-order valence-corrected chi connectivity index (χ0v) is 14.8. The SMILES string of the molecule is CCC[B-]1(CCC)Nc2scc[n+]2C(=S)N1c1ccccc1. The Morgan fingerprint density at radius 1 is 1.18 bits per heavy atom. The second-order valence-corrected chi connectivity index (χ2v) is 7.24. The van der Waals surface area contributed by atoms with Crippen molar-refractivity contribution in [3.63, 3.8) is 0 Å². The molecule has 0 aliphatic carbocycles. The summed E-state index contributed by atoms with van der Waals surface area (Å²) in [6.45, 7) is 4.51. The molecule has 6 heteroatoms. The van der Waals surface area contributed by atoms with Crippen molar-refractivity contribution in [3.05, 3.63) is 41.9 Å². The smallest absolute Gasteiger partial charge is 0.315 e. The average Bonchev–Trinajstić information content (AvgIpc) is 2.97. The lowest BCUT2D eigenvalue weighted by Crippen LogP contribution is -2.73. The Labute approximate surface area is 141 Å². The molecule has 0 bridgehead atoms. The Morgan fingerprint density at radius 3 is 2.50 bits per heavy atom. The van der Waals surface area contributed by atoms with E-state index in [1.165, 1.54) is 10.8 Å². The van der Waals surface area contributed by atoms with Crippen LogP contribution in [0, 0.1) is 0 Å². The summed E-state index contributed by atoms with van der Waals surface area (Å²) < 4.78 is 2.10. The zero-order valence-electron chi connectivity index (χ0n) is 13.2. The Bertz CT molecular complexity index is 650. The second kappa shape index (κ2) is 6.38. The maximum atomic E-state index is 5.87. The molecule has 0 radical (unpaired) electrons. The third-order valence-corrected chi connectivity index (χ3v) is 5.66. The van der Waals surface area contributed by atoms with Crippen LogP contribution in [0.3, 0.4) is 0 Å². The molecule has 0 saturated carbocycles. The van der Waals surface area contributed by atoms with Crippen molar-refractivity contribution in [1.29, 1.82) is 0 Å². The minimum atomic E-state index is -0.927. The van der Waals surface area contributed by atoms with Crippen LogP contribution in [-0.2, 0) is 0 Å². The van der Waals surface area contributed by atoms with E-state index in [2.05, 4.69) is 70.4 Å². The van der Waals surface area contributed by atoms with E-state index >= 15 is 0 Å². The summed E-state index contributed by atoms with van der Waals surface area (Å²) in [7, 11) is 0. The van der Waals surface area contributed by atoms with Gasteiger partial charge in [0.25, 0.3) is 5.11 Å². The zero-order chi connectivity index (χ0) is 15.6. The monoisotopic (exact) mass is 331 g/mol. The molecule has 0 atom stereocenters. The number of thiazole rings is 1. The van der Waals surface area contributed by atoms with E-state index in [0.29, 0.717) is 0 Å². The van der Waals surface area contributed by atoms with Gasteiger partial charge in [-0.25, -0.2) is 0 Å². The summed E-state index contributed by atoms with van der Waals surface area (Å²) in [4.78, 5) is 2.38. The van der Waals surface area contributed by atoms with Gasteiger partial charge < -0.3 is 10.0 Å². The van der Waals surface area contributed by atoms with Gasteiger partial charge in [-0.2, -0.15) is 4.57 Å². The van der Waals surface area contributed by atoms with E-state index in [-0.39, 0.29) is 0 Å². The van der Waals surface area contributed by atoms with Crippen molar-refractivity contribution < 1.29 is 4.57 Å². The molecule has 3 nitrogen and oxygen atoms in total. The summed E-state index contributed by atoms with van der Waals surface area (Å²) in [6, 6.07) is 10.6. The van der Waals surface area contributed by atoms with Crippen molar-refractivity contribution in [2.24, 2.45) is 0 Å². The number of aromatic nitrogens is 1. The van der Waals surface area contributed by atoms with Gasteiger partial charge in [-0.15, -0.1) is 12.6 Å². The fourth-order valence-electron chi connectivity index (χ4n) is 3.64. The highest BCUT2D eigenvalue weighted by atomic mass is 32.1. The van der Waals surface area contributed by atoms with Gasteiger partial charge >= 0.3 is 6.42 Å². The number of hydrogen-bond donors (Lipinski definition) is 1. The lowest BCUT2D eigenvalue weighted by Gasteiger charge is -2.48. The summed E-state index contributed by atoms with van der Waals surface area (Å²) in [5, 5.41) is 8.01. The van der Waals surface area contributed by atoms with Crippen LogP contribution in [0.25, 0.3) is 0 Å². The molecule has 1 aliphatic rings. The van der Waals surface area contributed by atoms with Gasteiger partial charge in [0.05, 0.1) is 11.9 Å². The van der Waals surface area contributed by atoms with E-state index in [9.17, 15) is 0 Å². The van der Waals surface area contributed by atoms with E-state index in [4.69, 9.17) is 12.2 Å². The number of rotatable bonds is 5. The van der Waals surface area contributed by atoms with Crippen LogP contribution in [0.4, 0.5) is 10.8 Å². The Balaban J connectivity index is 2.14. The number of hydrogen-bond acceptors (Lipinski definition) is 3. The first-order chi connectivity index (χ1) is 10.7. The summed E-state index contributed by atoms with van der Waals surface area (Å²) >= 11 is 7.60. The topological polar surface area (TPSA) is 19.1 Å². The molecule has 0 fully saturated rings. The van der Waals surface area contributed by atoms with Crippen LogP contribution in [0.15, 0.2) is 41.9 Å². The highest BCUT2D eigenvalue weighted by molar-refractivity contribution is 7.80. The van der Waals surface area contributed by atoms with Gasteiger partial charge in [0, 0.05) is 5.38 Å². The molecule has 0 unspecified atom stereocenters. The molecule has 3 rings (SSSR count). The molecular formula is C16H22BN3S2. The van der Waals surface area contributed by atoms with Crippen LogP contribution < -0.4 is 14.6 Å². The van der Waals surface area contributed by atoms with Gasteiger partial charge in [-0.3, -0.25) is 0 Å². The van der Waals surface area contributed by atoms with Crippen LogP contribution in [0.2, 0.25) is 12.6 Å². The van der Waals surface area contributed by atoms with Crippen molar-refractivity contribution in [3.8, 4) is 0 Å². The highest BCUT2D eigenvalue weighted by Gasteiger charge is 2.46. The molecule has 2 heterocycles. The number of fused-ring (bicyclic) bond motifs is 1. The summed E-state index contributed by atoms with van der Waals surface area (Å²) in [5.41, 5.74) is 1.19. The number of anilines is 2. The van der Waals surface area contributed by atoms with Gasteiger partial charge in [0.1, 0.15) is 0 Å². The molecule has 1 aromatic carbocycles. The van der Waals surface area contributed by atoms with Crippen molar-refractivity contribution in [1.82, 2.24) is 0 Å². The molecule has 0 spiro atoms. The predicted octanol–water partition coefficient (Wildman–Crippen LogP) is 4.36. The second-order valence-electron chi connectivity index (χ2n) is 5.98. The van der Waals surface area contributed by atoms with Crippen LogP contribution in [0.5, 0.6) is 0 Å². The minimum Gasteiger partial charge on any atom is -0.451 e. The lowest BCUT2D eigenvalue weighted by molar-refractivity contribution is -0.532. The summed E-state index contributed by atoms with van der Waals surface area (Å²) in [6.07, 6.45) is 5.67. The third-order valence-electron chi connectivity index (χ3n) is 4.47. The van der Waals surface area contributed by atoms with Gasteiger partial charge in [-0.1, -0.05) is 56.2 Å². The summed E-state index contributed by atoms with van der Waals surface area (Å²) in [5.74, 6) is 0. The number of thiocarbonyl (C=S) groups is 1. The Hall–Kier alpha value is -1.40. The van der Waals surface area contributed by atoms with Crippen molar-refractivity contribution >= 4 is 45.9 Å². The number of benzene rings is 1. The minimum absolute atomic E-state index is 0.892. The largest absolute Gasteiger partial charge is 0.451 e. The molecule has 22 heavy (non-hydrogen) atoms. The first kappa shape index (κ1) is 15.5. The van der Waals surface area contributed by atoms with Crippen LogP contribution in [-0.4, -0.2) is 11.5 Å². The quantitative estimate of drug-likeness (QED) is 0.499. The Kier molecular flexibility index (Phi) is 4.50. The van der Waals surface area contributed by atoms with E-state index in [1.54, 1.807) is 11.3 Å².